The van der Waals surface area contributed by atoms with E-state index in [2.05, 4.69) is 27.7 Å². The smallest absolute Gasteiger partial charge is 0.664 e. The van der Waals surface area contributed by atoms with Gasteiger partial charge in [-0.25, -0.2) is 0 Å². The molecule has 288 valence electrons. The van der Waals surface area contributed by atoms with Crippen molar-refractivity contribution in [2.75, 3.05) is 13.7 Å². The van der Waals surface area contributed by atoms with Crippen molar-refractivity contribution in [3.63, 3.8) is 0 Å². The molecule has 0 aromatic carbocycles. The molecular formula is C44H52MgN4O6-2. The van der Waals surface area contributed by atoms with Gasteiger partial charge in [0.15, 0.2) is 5.78 Å². The Morgan fingerprint density at radius 2 is 1.65 bits per heavy atom. The number of ketones is 1. The first kappa shape index (κ1) is 42.1. The number of nitrogens with zero attached hydrogens (tertiary/aromatic N) is 4. The number of methoxy groups -OCH3 is 1. The van der Waals surface area contributed by atoms with E-state index in [4.69, 9.17) is 29.7 Å². The maximum atomic E-state index is 14.2. The standard InChI is InChI=1S/C44H53N4O6.Mg/c1-10-28-24(5)32-19-36-30(21-49)26(7)31(46-36)18-33-25(6)29(14-15-37(50)54-17-16-23(4)13-11-12-22(2)3)41(47-33)39-40(44(52)53-9)43(51)38-27(8)34(48-42(38)39)20-35(28)45-32;/h16,18-20,22,25,29,40,49H,10-15,17,21H2,1-9H3,(H-,47,48,51);/q-3;+2/p-1/b23-16+,32-19-,33-18-,35-20-;/t25-,29-,40+;/m0./s1. The Labute approximate surface area is 340 Å². The van der Waals surface area contributed by atoms with Crippen molar-refractivity contribution in [1.29, 1.82) is 0 Å². The molecule has 3 aliphatic rings. The first-order valence-corrected chi connectivity index (χ1v) is 19.2. The van der Waals surface area contributed by atoms with Crippen molar-refractivity contribution in [3.8, 4) is 0 Å². The van der Waals surface area contributed by atoms with E-state index >= 15 is 0 Å². The Bertz CT molecular complexity index is 2210. The minimum absolute atomic E-state index is 0. The molecule has 8 bridgehead atoms. The minimum atomic E-state index is -1.24. The summed E-state index contributed by atoms with van der Waals surface area (Å²) in [5, 5.41) is 17.1. The van der Waals surface area contributed by atoms with E-state index in [9.17, 15) is 19.5 Å². The molecule has 6 rings (SSSR count). The van der Waals surface area contributed by atoms with Crippen LogP contribution < -0.4 is 25.7 Å². The fourth-order valence-electron chi connectivity index (χ4n) is 8.14. The van der Waals surface area contributed by atoms with E-state index in [1.165, 1.54) is 12.7 Å². The van der Waals surface area contributed by atoms with Crippen LogP contribution >= 0.6 is 0 Å². The van der Waals surface area contributed by atoms with Crippen molar-refractivity contribution < 1.29 is 29.0 Å². The Morgan fingerprint density at radius 3 is 2.33 bits per heavy atom. The van der Waals surface area contributed by atoms with E-state index < -0.39 is 11.9 Å². The topological polar surface area (TPSA) is 146 Å². The van der Waals surface area contributed by atoms with Gasteiger partial charge in [0.2, 0.25) is 0 Å². The predicted octanol–water partition coefficient (Wildman–Crippen LogP) is 5.60. The fraction of sp³-hybridized carbons (Fsp3) is 0.477. The molecule has 0 spiro atoms. The number of Topliss-reactive ketones (excluding diaryl/α,β-unsaturated/α-hetero) is 1. The molecule has 1 saturated heterocycles. The number of rotatable bonds is 12. The number of hydrogen-bond donors (Lipinski definition) is 1. The minimum Gasteiger partial charge on any atom is -0.664 e. The monoisotopic (exact) mass is 756 g/mol. The van der Waals surface area contributed by atoms with E-state index in [0.717, 1.165) is 53.1 Å². The number of carbonyl (C=O) groups excluding carboxylic acids is 3. The molecule has 0 saturated carbocycles. The normalized spacial score (nSPS) is 22.3. The van der Waals surface area contributed by atoms with Crippen LogP contribution in [0.2, 0.25) is 0 Å². The van der Waals surface area contributed by atoms with Crippen molar-refractivity contribution >= 4 is 64.6 Å². The molecule has 11 heteroatoms. The quantitative estimate of drug-likeness (QED) is 0.108. The molecule has 5 heterocycles. The van der Waals surface area contributed by atoms with Gasteiger partial charge < -0.3 is 34.8 Å². The molecule has 1 aliphatic carbocycles. The van der Waals surface area contributed by atoms with Gasteiger partial charge in [-0.1, -0.05) is 85.7 Å². The molecule has 1 N–H and O–H groups in total. The van der Waals surface area contributed by atoms with Crippen LogP contribution in [0, 0.1) is 44.4 Å². The third-order valence-corrected chi connectivity index (χ3v) is 11.5. The van der Waals surface area contributed by atoms with E-state index in [1.54, 1.807) is 0 Å². The summed E-state index contributed by atoms with van der Waals surface area (Å²) >= 11 is 0. The maximum Gasteiger partial charge on any atom is 2.00 e. The zero-order valence-electron chi connectivity index (χ0n) is 33.8. The van der Waals surface area contributed by atoms with Gasteiger partial charge in [0, 0.05) is 12.0 Å². The Morgan fingerprint density at radius 1 is 0.945 bits per heavy atom. The molecule has 3 aromatic rings. The molecule has 10 nitrogen and oxygen atoms in total. The summed E-state index contributed by atoms with van der Waals surface area (Å²) in [4.78, 5) is 55.9. The zero-order chi connectivity index (χ0) is 39.0. The summed E-state index contributed by atoms with van der Waals surface area (Å²) in [7, 11) is 1.27. The van der Waals surface area contributed by atoms with Gasteiger partial charge in [0.05, 0.1) is 13.7 Å². The van der Waals surface area contributed by atoms with Crippen LogP contribution in [0.5, 0.6) is 0 Å². The molecular weight excluding hydrogens is 705 g/mol. The molecule has 0 radical (unpaired) electrons. The second-order valence-electron chi connectivity index (χ2n) is 15.4. The molecule has 0 amide bonds. The number of fused-ring (bicyclic) bond motifs is 7. The molecule has 55 heavy (non-hydrogen) atoms. The van der Waals surface area contributed by atoms with Crippen molar-refractivity contribution in [1.82, 2.24) is 15.0 Å². The Hall–Kier alpha value is -4.06. The SMILES string of the molecule is CCc1c(C)/c2[n-]/c1=C\c1[n-]c3c(c1C)C(=O)[C@H](C(=O)OC)/C3=C1/[N-]/C(=C\c3[n-]c(c(CO)c3C)\C=2)[C@@H](C)[C@@H]1CCC(=O)OC/C=C(\C)CCCC(C)C.[Mg+2]. The molecule has 3 aromatic heterocycles. The van der Waals surface area contributed by atoms with Gasteiger partial charge >= 0.3 is 35.0 Å². The van der Waals surface area contributed by atoms with Crippen molar-refractivity contribution in [2.24, 2.45) is 23.7 Å². The largest absolute Gasteiger partial charge is 2.00 e. The summed E-state index contributed by atoms with van der Waals surface area (Å²) in [6.07, 6.45) is 12.2. The molecule has 3 atom stereocenters. The van der Waals surface area contributed by atoms with Crippen LogP contribution in [0.4, 0.5) is 0 Å². The van der Waals surface area contributed by atoms with Crippen molar-refractivity contribution in [3.05, 3.63) is 95.2 Å². The van der Waals surface area contributed by atoms with Crippen LogP contribution in [-0.4, -0.2) is 59.6 Å². The second-order valence-corrected chi connectivity index (χ2v) is 15.4. The average molecular weight is 757 g/mol. The van der Waals surface area contributed by atoms with Gasteiger partial charge in [0.25, 0.3) is 0 Å². The summed E-state index contributed by atoms with van der Waals surface area (Å²) in [5.74, 6) is -2.52. The first-order chi connectivity index (χ1) is 25.8. The van der Waals surface area contributed by atoms with Gasteiger partial charge in [-0.15, -0.1) is 33.5 Å². The summed E-state index contributed by atoms with van der Waals surface area (Å²) in [6, 6.07) is 0. The number of carbonyl (C=O) groups is 3. The molecule has 1 fully saturated rings. The number of aromatic nitrogens is 3. The third-order valence-electron chi connectivity index (χ3n) is 11.5. The van der Waals surface area contributed by atoms with Gasteiger partial charge in [0.1, 0.15) is 12.5 Å². The second kappa shape index (κ2) is 17.4. The molecule has 0 unspecified atom stereocenters. The van der Waals surface area contributed by atoms with Crippen LogP contribution in [0.3, 0.4) is 0 Å². The third kappa shape index (κ3) is 8.11. The zero-order valence-corrected chi connectivity index (χ0v) is 35.2. The van der Waals surface area contributed by atoms with Crippen LogP contribution in [0.1, 0.15) is 128 Å². The summed E-state index contributed by atoms with van der Waals surface area (Å²) in [5.41, 5.74) is 9.80. The predicted molar refractivity (Wildman–Crippen MR) is 214 cm³/mol. The van der Waals surface area contributed by atoms with Crippen LogP contribution in [-0.2, 0) is 32.1 Å². The maximum absolute atomic E-state index is 14.2. The number of allylic oxidation sites excluding steroid dienone is 3. The van der Waals surface area contributed by atoms with Gasteiger partial charge in [-0.05, 0) is 82.8 Å². The molecule has 2 aliphatic heterocycles. The number of aliphatic hydroxyl groups excluding tert-OH is 1. The number of esters is 2. The van der Waals surface area contributed by atoms with E-state index in [0.29, 0.717) is 68.8 Å². The van der Waals surface area contributed by atoms with E-state index in [1.807, 2.05) is 52.0 Å². The van der Waals surface area contributed by atoms with Gasteiger partial charge in [-0.3, -0.25) is 14.4 Å². The van der Waals surface area contributed by atoms with Crippen molar-refractivity contribution in [2.45, 2.75) is 101 Å². The number of hydrogen-bond acceptors (Lipinski definition) is 6. The van der Waals surface area contributed by atoms with E-state index in [-0.39, 0.29) is 66.3 Å². The summed E-state index contributed by atoms with van der Waals surface area (Å²) < 4.78 is 10.9. The van der Waals surface area contributed by atoms with Gasteiger partial charge in [-0.2, -0.15) is 11.4 Å². The number of aliphatic hydroxyl groups is 1. The summed E-state index contributed by atoms with van der Waals surface area (Å²) in [6.45, 7) is 16.4. The van der Waals surface area contributed by atoms with Crippen LogP contribution in [0.25, 0.3) is 29.1 Å². The Balaban J connectivity index is 0.00000580. The number of ether oxygens (including phenoxy) is 2. The fourth-order valence-corrected chi connectivity index (χ4v) is 8.14. The first-order valence-electron chi connectivity index (χ1n) is 19.2. The van der Waals surface area contributed by atoms with Crippen LogP contribution in [0.15, 0.2) is 23.0 Å². The average Bonchev–Trinajstić information content (AvgIpc) is 3.87. The Kier molecular flexibility index (Phi) is 13.3.